The Morgan fingerprint density at radius 3 is 2.45 bits per heavy atom. The van der Waals surface area contributed by atoms with Crippen LogP contribution in [-0.2, 0) is 6.42 Å². The van der Waals surface area contributed by atoms with E-state index in [0.717, 1.165) is 17.4 Å². The molecule has 2 N–H and O–H groups in total. The van der Waals surface area contributed by atoms with Crippen molar-refractivity contribution in [2.45, 2.75) is 13.3 Å². The van der Waals surface area contributed by atoms with Crippen LogP contribution in [0.15, 0.2) is 18.2 Å². The van der Waals surface area contributed by atoms with Crippen molar-refractivity contribution in [1.29, 1.82) is 0 Å². The summed E-state index contributed by atoms with van der Waals surface area (Å²) in [6.07, 6.45) is 0.556. The molecule has 0 fully saturated rings. The molecule has 0 atom stereocenters. The predicted molar refractivity (Wildman–Crippen MR) is 74.9 cm³/mol. The number of halogens is 3. The van der Waals surface area contributed by atoms with Gasteiger partial charge in [0.25, 0.3) is 5.91 Å². The molecule has 1 aromatic carbocycles. The Bertz CT molecular complexity index is 758. The number of carboxylic acid groups (broad SMARTS) is 1. The minimum atomic E-state index is -1.76. The summed E-state index contributed by atoms with van der Waals surface area (Å²) in [5.41, 5.74) is -0.847. The van der Waals surface area contributed by atoms with Gasteiger partial charge in [-0.1, -0.05) is 6.92 Å². The fourth-order valence-electron chi connectivity index (χ4n) is 1.74. The van der Waals surface area contributed by atoms with Crippen molar-refractivity contribution >= 4 is 28.2 Å². The number of hydrogen-bond acceptors (Lipinski definition) is 3. The molecule has 0 aliphatic rings. The van der Waals surface area contributed by atoms with E-state index in [1.807, 2.05) is 0 Å². The monoisotopic (exact) mass is 329 g/mol. The van der Waals surface area contributed by atoms with Crippen molar-refractivity contribution in [2.24, 2.45) is 0 Å². The maximum Gasteiger partial charge on any atom is 0.338 e. The number of benzene rings is 1. The lowest BCUT2D eigenvalue weighted by Gasteiger charge is -2.06. The quantitative estimate of drug-likeness (QED) is 0.841. The summed E-state index contributed by atoms with van der Waals surface area (Å²) in [7, 11) is 0. The van der Waals surface area contributed by atoms with Crippen LogP contribution < -0.4 is 5.32 Å². The number of rotatable bonds is 4. The molecule has 8 heteroatoms. The zero-order chi connectivity index (χ0) is 16.4. The zero-order valence-electron chi connectivity index (χ0n) is 11.2. The molecule has 0 unspecified atom stereocenters. The molecule has 1 amide bonds. The Labute approximate surface area is 127 Å². The number of carbonyl (C=O) groups excluding carboxylic acids is 1. The van der Waals surface area contributed by atoms with E-state index >= 15 is 0 Å². The van der Waals surface area contributed by atoms with Crippen LogP contribution in [0.4, 0.5) is 18.2 Å². The van der Waals surface area contributed by atoms with Crippen LogP contribution in [0.5, 0.6) is 0 Å². The van der Waals surface area contributed by atoms with E-state index < -0.39 is 34.9 Å². The first-order valence-corrected chi connectivity index (χ1v) is 6.97. The Balaban J connectivity index is 2.35. The van der Waals surface area contributed by atoms with Crippen LogP contribution in [0.1, 0.15) is 32.5 Å². The third-order valence-electron chi connectivity index (χ3n) is 2.87. The van der Waals surface area contributed by atoms with Crippen LogP contribution in [0, 0.1) is 17.5 Å². The van der Waals surface area contributed by atoms with Crippen LogP contribution >= 0.6 is 11.3 Å². The van der Waals surface area contributed by atoms with Gasteiger partial charge in [-0.3, -0.25) is 4.79 Å². The van der Waals surface area contributed by atoms with Gasteiger partial charge in [0.2, 0.25) is 0 Å². The second-order valence-corrected chi connectivity index (χ2v) is 5.43. The van der Waals surface area contributed by atoms with Crippen molar-refractivity contribution in [3.63, 3.8) is 0 Å². The summed E-state index contributed by atoms with van der Waals surface area (Å²) in [5, 5.41) is 11.3. The van der Waals surface area contributed by atoms with Crippen LogP contribution in [0.3, 0.4) is 0 Å². The second-order valence-electron chi connectivity index (χ2n) is 4.29. The summed E-state index contributed by atoms with van der Waals surface area (Å²) in [6.45, 7) is 1.80. The summed E-state index contributed by atoms with van der Waals surface area (Å²) < 4.78 is 39.5. The summed E-state index contributed by atoms with van der Waals surface area (Å²) in [4.78, 5) is 23.8. The number of carboxylic acids is 1. The maximum atomic E-state index is 13.6. The smallest absolute Gasteiger partial charge is 0.338 e. The minimum Gasteiger partial charge on any atom is -0.478 e. The van der Waals surface area contributed by atoms with Crippen LogP contribution in [0.2, 0.25) is 0 Å². The van der Waals surface area contributed by atoms with Gasteiger partial charge >= 0.3 is 5.97 Å². The molecule has 0 saturated heterocycles. The van der Waals surface area contributed by atoms with E-state index in [9.17, 15) is 22.8 Å². The molecule has 0 aliphatic heterocycles. The SMILES string of the molecule is CCc1cc(C(=O)O)c(NC(=O)c2ccc(F)c(F)c2F)s1. The average Bonchev–Trinajstić information content (AvgIpc) is 2.88. The van der Waals surface area contributed by atoms with Crippen LogP contribution in [0.25, 0.3) is 0 Å². The maximum absolute atomic E-state index is 13.6. The van der Waals surface area contributed by atoms with Gasteiger partial charge < -0.3 is 10.4 Å². The first-order valence-electron chi connectivity index (χ1n) is 6.16. The molecule has 4 nitrogen and oxygen atoms in total. The number of aryl methyl sites for hydroxylation is 1. The number of anilines is 1. The molecule has 22 heavy (non-hydrogen) atoms. The van der Waals surface area contributed by atoms with E-state index in [1.165, 1.54) is 6.07 Å². The Hall–Kier alpha value is -2.35. The van der Waals surface area contributed by atoms with Gasteiger partial charge in [0.1, 0.15) is 5.00 Å². The molecule has 1 aromatic heterocycles. The van der Waals surface area contributed by atoms with Crippen molar-refractivity contribution in [3.05, 3.63) is 51.7 Å². The first kappa shape index (κ1) is 16.0. The number of hydrogen-bond donors (Lipinski definition) is 2. The van der Waals surface area contributed by atoms with Crippen molar-refractivity contribution in [1.82, 2.24) is 0 Å². The van der Waals surface area contributed by atoms with Crippen molar-refractivity contribution in [3.8, 4) is 0 Å². The Morgan fingerprint density at radius 2 is 1.86 bits per heavy atom. The highest BCUT2D eigenvalue weighted by Crippen LogP contribution is 2.29. The summed E-state index contributed by atoms with van der Waals surface area (Å²) in [6, 6.07) is 2.80. The van der Waals surface area contributed by atoms with E-state index in [1.54, 1.807) is 6.92 Å². The molecule has 1 heterocycles. The van der Waals surface area contributed by atoms with Crippen LogP contribution in [-0.4, -0.2) is 17.0 Å². The molecule has 2 aromatic rings. The first-order chi connectivity index (χ1) is 10.3. The number of amides is 1. The lowest BCUT2D eigenvalue weighted by molar-refractivity contribution is 0.0698. The van der Waals surface area contributed by atoms with Gasteiger partial charge in [0.15, 0.2) is 17.5 Å². The molecule has 2 rings (SSSR count). The Morgan fingerprint density at radius 1 is 1.18 bits per heavy atom. The third-order valence-corrected chi connectivity index (χ3v) is 4.06. The molecular weight excluding hydrogens is 319 g/mol. The fourth-order valence-corrected chi connectivity index (χ4v) is 2.72. The lowest BCUT2D eigenvalue weighted by Crippen LogP contribution is -2.16. The largest absolute Gasteiger partial charge is 0.478 e. The average molecular weight is 329 g/mol. The third kappa shape index (κ3) is 2.96. The molecular formula is C14H10F3NO3S. The normalized spacial score (nSPS) is 10.5. The number of carbonyl (C=O) groups is 2. The minimum absolute atomic E-state index is 0.0125. The van der Waals surface area contributed by atoms with Gasteiger partial charge in [-0.15, -0.1) is 11.3 Å². The summed E-state index contributed by atoms with van der Waals surface area (Å²) in [5.74, 6) is -7.10. The second kappa shape index (κ2) is 6.18. The van der Waals surface area contributed by atoms with Gasteiger partial charge in [0.05, 0.1) is 11.1 Å². The zero-order valence-corrected chi connectivity index (χ0v) is 12.1. The molecule has 116 valence electrons. The highest BCUT2D eigenvalue weighted by Gasteiger charge is 2.22. The Kier molecular flexibility index (Phi) is 4.51. The molecule has 0 saturated carbocycles. The van der Waals surface area contributed by atoms with Gasteiger partial charge in [0, 0.05) is 4.88 Å². The van der Waals surface area contributed by atoms with E-state index in [4.69, 9.17) is 5.11 Å². The number of aromatic carboxylic acids is 1. The number of nitrogens with one attached hydrogen (secondary N) is 1. The lowest BCUT2D eigenvalue weighted by atomic mass is 10.2. The summed E-state index contributed by atoms with van der Waals surface area (Å²) >= 11 is 1.02. The topological polar surface area (TPSA) is 66.4 Å². The number of thiophene rings is 1. The fraction of sp³-hybridized carbons (Fsp3) is 0.143. The molecule has 0 bridgehead atoms. The standard InChI is InChI=1S/C14H10F3NO3S/c1-2-6-5-8(14(20)21)13(22-6)18-12(19)7-3-4-9(15)11(17)10(7)16/h3-5H,2H2,1H3,(H,18,19)(H,20,21). The van der Waals surface area contributed by atoms with Gasteiger partial charge in [-0.2, -0.15) is 0 Å². The molecule has 0 radical (unpaired) electrons. The highest BCUT2D eigenvalue weighted by molar-refractivity contribution is 7.16. The van der Waals surface area contributed by atoms with Crippen molar-refractivity contribution in [2.75, 3.05) is 5.32 Å². The van der Waals surface area contributed by atoms with Gasteiger partial charge in [-0.25, -0.2) is 18.0 Å². The predicted octanol–water partition coefficient (Wildman–Crippen LogP) is 3.68. The van der Waals surface area contributed by atoms with Crippen molar-refractivity contribution < 1.29 is 27.9 Å². The van der Waals surface area contributed by atoms with E-state index in [0.29, 0.717) is 17.4 Å². The molecule has 0 spiro atoms. The van der Waals surface area contributed by atoms with E-state index in [-0.39, 0.29) is 10.6 Å². The van der Waals surface area contributed by atoms with Gasteiger partial charge in [-0.05, 0) is 24.6 Å². The highest BCUT2D eigenvalue weighted by atomic mass is 32.1. The molecule has 0 aliphatic carbocycles. The van der Waals surface area contributed by atoms with E-state index in [2.05, 4.69) is 5.32 Å².